The molecule has 0 aliphatic rings. The van der Waals surface area contributed by atoms with Crippen molar-refractivity contribution in [2.24, 2.45) is 0 Å². The van der Waals surface area contributed by atoms with Crippen molar-refractivity contribution in [3.05, 3.63) is 53.1 Å². The summed E-state index contributed by atoms with van der Waals surface area (Å²) >= 11 is 5.83. The molecule has 23 heavy (non-hydrogen) atoms. The van der Waals surface area contributed by atoms with Crippen molar-refractivity contribution >= 4 is 38.4 Å². The normalized spacial score (nSPS) is 12.8. The summed E-state index contributed by atoms with van der Waals surface area (Å²) in [5.74, 6) is -1.25. The molecule has 0 spiro atoms. The molecule has 0 aliphatic heterocycles. The quantitative estimate of drug-likeness (QED) is 0.836. The van der Waals surface area contributed by atoms with E-state index in [-0.39, 0.29) is 25.3 Å². The first kappa shape index (κ1) is 17.6. The number of nitrogens with one attached hydrogen (secondary N) is 1. The van der Waals surface area contributed by atoms with Crippen molar-refractivity contribution in [3.63, 3.8) is 0 Å². The van der Waals surface area contributed by atoms with Gasteiger partial charge in [0.25, 0.3) is 0 Å². The molecule has 6 nitrogen and oxygen atoms in total. The number of halogens is 1. The van der Waals surface area contributed by atoms with Crippen LogP contribution in [0.25, 0.3) is 0 Å². The number of benzene rings is 2. The van der Waals surface area contributed by atoms with Crippen LogP contribution in [0.3, 0.4) is 0 Å². The van der Waals surface area contributed by atoms with Crippen molar-refractivity contribution in [1.29, 1.82) is 0 Å². The molecule has 0 fully saturated rings. The zero-order valence-corrected chi connectivity index (χ0v) is 14.2. The number of rotatable bonds is 5. The second kappa shape index (κ2) is 6.79. The fourth-order valence-electron chi connectivity index (χ4n) is 1.88. The SMILES string of the molecule is CNS(=O)(=O)c1cc(Cl)ccc1[S@@](=O)c1ccccc1C(=O)O. The van der Waals surface area contributed by atoms with Gasteiger partial charge in [0.05, 0.1) is 31.0 Å². The standard InChI is InChI=1S/C14H12ClNO5S2/c1-16-23(20,21)13-8-9(15)6-7-12(13)22(19)11-5-3-2-4-10(11)14(17)18/h2-8,16H,1H3,(H,17,18)/t22-/m0/s1. The molecule has 9 heteroatoms. The number of carboxylic acids is 1. The Hall–Kier alpha value is -1.74. The smallest absolute Gasteiger partial charge is 0.336 e. The second-order valence-corrected chi connectivity index (χ2v) is 8.08. The number of sulfonamides is 1. The van der Waals surface area contributed by atoms with Gasteiger partial charge in [-0.1, -0.05) is 23.7 Å². The molecular formula is C14H12ClNO5S2. The highest BCUT2D eigenvalue weighted by Gasteiger charge is 2.24. The summed E-state index contributed by atoms with van der Waals surface area (Å²) in [6, 6.07) is 9.58. The Kier molecular flexibility index (Phi) is 5.20. The van der Waals surface area contributed by atoms with Crippen molar-refractivity contribution in [1.82, 2.24) is 4.72 Å². The second-order valence-electron chi connectivity index (χ2n) is 4.37. The third-order valence-corrected chi connectivity index (χ3v) is 6.31. The first-order chi connectivity index (χ1) is 10.8. The Balaban J connectivity index is 2.69. The highest BCUT2D eigenvalue weighted by molar-refractivity contribution is 7.91. The van der Waals surface area contributed by atoms with Crippen LogP contribution in [0.5, 0.6) is 0 Å². The Morgan fingerprint density at radius 1 is 1.17 bits per heavy atom. The van der Waals surface area contributed by atoms with Gasteiger partial charge in [-0.3, -0.25) is 0 Å². The number of carboxylic acid groups (broad SMARTS) is 1. The van der Waals surface area contributed by atoms with E-state index < -0.39 is 26.8 Å². The summed E-state index contributed by atoms with van der Waals surface area (Å²) < 4.78 is 39.1. The van der Waals surface area contributed by atoms with Gasteiger partial charge < -0.3 is 5.11 Å². The first-order valence-electron chi connectivity index (χ1n) is 6.25. The van der Waals surface area contributed by atoms with E-state index in [4.69, 9.17) is 11.6 Å². The molecule has 0 unspecified atom stereocenters. The fourth-order valence-corrected chi connectivity index (χ4v) is 4.73. The van der Waals surface area contributed by atoms with Crippen LogP contribution in [0, 0.1) is 0 Å². The molecule has 0 saturated carbocycles. The fraction of sp³-hybridized carbons (Fsp3) is 0.0714. The van der Waals surface area contributed by atoms with Crippen LogP contribution < -0.4 is 4.72 Å². The number of aromatic carboxylic acids is 1. The molecule has 0 aliphatic carbocycles. The molecule has 1 atom stereocenters. The van der Waals surface area contributed by atoms with Crippen LogP contribution in [0.1, 0.15) is 10.4 Å². The van der Waals surface area contributed by atoms with Gasteiger partial charge in [-0.2, -0.15) is 0 Å². The van der Waals surface area contributed by atoms with E-state index in [1.165, 1.54) is 49.5 Å². The largest absolute Gasteiger partial charge is 0.478 e. The van der Waals surface area contributed by atoms with Gasteiger partial charge in [0, 0.05) is 5.02 Å². The van der Waals surface area contributed by atoms with Gasteiger partial charge in [-0.25, -0.2) is 22.1 Å². The van der Waals surface area contributed by atoms with E-state index >= 15 is 0 Å². The molecular weight excluding hydrogens is 362 g/mol. The molecule has 0 aromatic heterocycles. The van der Waals surface area contributed by atoms with E-state index in [2.05, 4.69) is 4.72 Å². The third kappa shape index (κ3) is 3.61. The lowest BCUT2D eigenvalue weighted by atomic mass is 10.2. The van der Waals surface area contributed by atoms with E-state index in [0.29, 0.717) is 0 Å². The summed E-state index contributed by atoms with van der Waals surface area (Å²) in [6.07, 6.45) is 0. The monoisotopic (exact) mass is 373 g/mol. The summed E-state index contributed by atoms with van der Waals surface area (Å²) in [4.78, 5) is 11.0. The maximum Gasteiger partial charge on any atom is 0.336 e. The summed E-state index contributed by atoms with van der Waals surface area (Å²) in [5, 5.41) is 9.35. The minimum absolute atomic E-state index is 0.00914. The molecule has 0 radical (unpaired) electrons. The van der Waals surface area contributed by atoms with Crippen molar-refractivity contribution in [2.75, 3.05) is 7.05 Å². The van der Waals surface area contributed by atoms with E-state index in [0.717, 1.165) is 0 Å². The molecule has 2 aromatic carbocycles. The van der Waals surface area contributed by atoms with Gasteiger partial charge in [0.15, 0.2) is 0 Å². The molecule has 0 heterocycles. The molecule has 0 bridgehead atoms. The third-order valence-electron chi connectivity index (χ3n) is 2.98. The van der Waals surface area contributed by atoms with E-state index in [1.807, 2.05) is 0 Å². The Labute approximate surface area is 140 Å². The maximum absolute atomic E-state index is 12.8. The first-order valence-corrected chi connectivity index (χ1v) is 9.26. The lowest BCUT2D eigenvalue weighted by molar-refractivity contribution is 0.0693. The van der Waals surface area contributed by atoms with Gasteiger partial charge in [0.2, 0.25) is 10.0 Å². The molecule has 2 N–H and O–H groups in total. The van der Waals surface area contributed by atoms with Gasteiger partial charge in [-0.15, -0.1) is 0 Å². The van der Waals surface area contributed by atoms with Crippen LogP contribution in [0.4, 0.5) is 0 Å². The van der Waals surface area contributed by atoms with Crippen LogP contribution >= 0.6 is 11.6 Å². The van der Waals surface area contributed by atoms with Gasteiger partial charge in [-0.05, 0) is 37.4 Å². The zero-order chi connectivity index (χ0) is 17.2. The number of carbonyl (C=O) groups is 1. The van der Waals surface area contributed by atoms with E-state index in [1.54, 1.807) is 0 Å². The topological polar surface area (TPSA) is 101 Å². The predicted molar refractivity (Wildman–Crippen MR) is 85.8 cm³/mol. The van der Waals surface area contributed by atoms with Gasteiger partial charge >= 0.3 is 5.97 Å². The zero-order valence-electron chi connectivity index (χ0n) is 11.8. The molecule has 2 rings (SSSR count). The lowest BCUT2D eigenvalue weighted by Gasteiger charge is -2.11. The summed E-state index contributed by atoms with van der Waals surface area (Å²) in [6.45, 7) is 0. The van der Waals surface area contributed by atoms with Crippen LogP contribution in [0.2, 0.25) is 5.02 Å². The predicted octanol–water partition coefficient (Wildman–Crippen LogP) is 2.11. The Morgan fingerprint density at radius 2 is 1.83 bits per heavy atom. The average molecular weight is 374 g/mol. The van der Waals surface area contributed by atoms with Crippen molar-refractivity contribution in [3.8, 4) is 0 Å². The van der Waals surface area contributed by atoms with Crippen LogP contribution in [-0.4, -0.2) is 30.8 Å². The Bertz CT molecular complexity index is 896. The molecule has 122 valence electrons. The van der Waals surface area contributed by atoms with Crippen molar-refractivity contribution in [2.45, 2.75) is 14.7 Å². The highest BCUT2D eigenvalue weighted by Crippen LogP contribution is 2.28. The number of hydrogen-bond donors (Lipinski definition) is 2. The summed E-state index contributed by atoms with van der Waals surface area (Å²) in [5.41, 5.74) is -0.159. The maximum atomic E-state index is 12.8. The van der Waals surface area contributed by atoms with Gasteiger partial charge in [0.1, 0.15) is 0 Å². The van der Waals surface area contributed by atoms with E-state index in [9.17, 15) is 22.5 Å². The van der Waals surface area contributed by atoms with Crippen LogP contribution in [-0.2, 0) is 20.8 Å². The minimum Gasteiger partial charge on any atom is -0.478 e. The number of hydrogen-bond acceptors (Lipinski definition) is 4. The van der Waals surface area contributed by atoms with Crippen molar-refractivity contribution < 1.29 is 22.5 Å². The molecule has 0 saturated heterocycles. The van der Waals surface area contributed by atoms with Crippen LogP contribution in [0.15, 0.2) is 57.2 Å². The highest BCUT2D eigenvalue weighted by atomic mass is 35.5. The minimum atomic E-state index is -3.91. The molecule has 2 aromatic rings. The lowest BCUT2D eigenvalue weighted by Crippen LogP contribution is -2.20. The average Bonchev–Trinajstić information content (AvgIpc) is 2.54. The summed E-state index contributed by atoms with van der Waals surface area (Å²) in [7, 11) is -4.70. The Morgan fingerprint density at radius 3 is 2.43 bits per heavy atom. The molecule has 0 amide bonds.